The van der Waals surface area contributed by atoms with E-state index in [-0.39, 0.29) is 11.9 Å². The van der Waals surface area contributed by atoms with E-state index in [1.807, 2.05) is 37.3 Å². The first-order valence-corrected chi connectivity index (χ1v) is 10.1. The summed E-state index contributed by atoms with van der Waals surface area (Å²) >= 11 is 0. The highest BCUT2D eigenvalue weighted by atomic mass is 16.2. The summed E-state index contributed by atoms with van der Waals surface area (Å²) in [6.07, 6.45) is 4.03. The predicted molar refractivity (Wildman–Crippen MR) is 119 cm³/mol. The third-order valence-electron chi connectivity index (χ3n) is 5.66. The molecule has 6 nitrogen and oxygen atoms in total. The van der Waals surface area contributed by atoms with Crippen LogP contribution in [0, 0.1) is 11.3 Å². The van der Waals surface area contributed by atoms with Crippen LogP contribution in [0.5, 0.6) is 0 Å². The molecule has 0 saturated heterocycles. The van der Waals surface area contributed by atoms with E-state index in [0.717, 1.165) is 39.2 Å². The molecule has 1 N–H and O–H groups in total. The zero-order valence-electron chi connectivity index (χ0n) is 17.0. The third kappa shape index (κ3) is 3.51. The van der Waals surface area contributed by atoms with Crippen molar-refractivity contribution >= 4 is 23.0 Å². The van der Waals surface area contributed by atoms with Gasteiger partial charge in [0, 0.05) is 29.9 Å². The molecule has 1 amide bonds. The number of hydrogen-bond acceptors (Lipinski definition) is 5. The Labute approximate surface area is 180 Å². The number of aliphatic imine (C=N–C) groups is 2. The molecule has 0 bridgehead atoms. The quantitative estimate of drug-likeness (QED) is 0.716. The minimum absolute atomic E-state index is 0.186. The number of pyridine rings is 1. The van der Waals surface area contributed by atoms with E-state index in [0.29, 0.717) is 24.2 Å². The van der Waals surface area contributed by atoms with Gasteiger partial charge in [0.1, 0.15) is 5.71 Å². The second-order valence-electron chi connectivity index (χ2n) is 7.71. The highest BCUT2D eigenvalue weighted by Gasteiger charge is 2.26. The lowest BCUT2D eigenvalue weighted by atomic mass is 9.97. The molecule has 5 rings (SSSR count). The minimum Gasteiger partial charge on any atom is -0.344 e. The van der Waals surface area contributed by atoms with Crippen LogP contribution in [-0.4, -0.2) is 22.3 Å². The fraction of sp³-hybridized carbons (Fsp3) is 0.160. The molecular formula is C25H19N5O. The highest BCUT2D eigenvalue weighted by molar-refractivity contribution is 6.41. The molecule has 0 aliphatic carbocycles. The standard InChI is InChI=1S/C25H19N5O/c1-15(18-4-2-3-16(9-18)13-26)29-25(31)23-11-19-10-20-14-28-24(17-5-7-27-8-6-17)21(20)12-22(19)30-23/h2-10,12,15H,11,14H2,1H3,(H,29,31)/t15-/m1/s1. The van der Waals surface area contributed by atoms with Crippen molar-refractivity contribution in [3.05, 3.63) is 94.3 Å². The number of amides is 1. The zero-order chi connectivity index (χ0) is 21.4. The summed E-state index contributed by atoms with van der Waals surface area (Å²) in [5.41, 5.74) is 8.04. The normalized spacial score (nSPS) is 14.7. The molecule has 6 heteroatoms. The fourth-order valence-corrected chi connectivity index (χ4v) is 4.02. The first kappa shape index (κ1) is 18.9. The summed E-state index contributed by atoms with van der Waals surface area (Å²) in [4.78, 5) is 26.2. The van der Waals surface area contributed by atoms with Gasteiger partial charge in [0.05, 0.1) is 35.6 Å². The number of hydrogen-bond donors (Lipinski definition) is 1. The van der Waals surface area contributed by atoms with Gasteiger partial charge in [-0.1, -0.05) is 18.2 Å². The average Bonchev–Trinajstić information content (AvgIpc) is 3.41. The van der Waals surface area contributed by atoms with Crippen molar-refractivity contribution in [1.82, 2.24) is 10.3 Å². The molecule has 150 valence electrons. The number of nitriles is 1. The molecule has 1 aromatic heterocycles. The van der Waals surface area contributed by atoms with E-state index < -0.39 is 0 Å². The summed E-state index contributed by atoms with van der Waals surface area (Å²) in [6.45, 7) is 2.54. The van der Waals surface area contributed by atoms with Crippen LogP contribution in [0.4, 0.5) is 5.69 Å². The van der Waals surface area contributed by atoms with Crippen molar-refractivity contribution in [3.8, 4) is 6.07 Å². The second kappa shape index (κ2) is 7.62. The molecule has 0 spiro atoms. The first-order valence-electron chi connectivity index (χ1n) is 10.1. The topological polar surface area (TPSA) is 90.5 Å². The molecule has 1 atom stereocenters. The van der Waals surface area contributed by atoms with Crippen molar-refractivity contribution in [2.45, 2.75) is 25.9 Å². The van der Waals surface area contributed by atoms with E-state index in [9.17, 15) is 4.79 Å². The Morgan fingerprint density at radius 1 is 1.13 bits per heavy atom. The monoisotopic (exact) mass is 405 g/mol. The highest BCUT2D eigenvalue weighted by Crippen LogP contribution is 2.34. The molecular weight excluding hydrogens is 386 g/mol. The van der Waals surface area contributed by atoms with Crippen LogP contribution in [0.15, 0.2) is 70.9 Å². The third-order valence-corrected chi connectivity index (χ3v) is 5.66. The van der Waals surface area contributed by atoms with E-state index >= 15 is 0 Å². The van der Waals surface area contributed by atoms with E-state index in [1.54, 1.807) is 24.5 Å². The number of rotatable bonds is 4. The van der Waals surface area contributed by atoms with Crippen molar-refractivity contribution < 1.29 is 4.79 Å². The van der Waals surface area contributed by atoms with Gasteiger partial charge in [-0.05, 0) is 53.9 Å². The summed E-state index contributed by atoms with van der Waals surface area (Å²) in [7, 11) is 0. The largest absolute Gasteiger partial charge is 0.344 e. The Hall–Kier alpha value is -4.11. The van der Waals surface area contributed by atoms with Gasteiger partial charge in [-0.15, -0.1) is 0 Å². The van der Waals surface area contributed by atoms with E-state index in [4.69, 9.17) is 10.3 Å². The molecule has 0 saturated carbocycles. The van der Waals surface area contributed by atoms with Gasteiger partial charge in [0.15, 0.2) is 0 Å². The van der Waals surface area contributed by atoms with Crippen molar-refractivity contribution in [2.24, 2.45) is 9.98 Å². The van der Waals surface area contributed by atoms with Crippen molar-refractivity contribution in [3.63, 3.8) is 0 Å². The molecule has 3 aromatic rings. The van der Waals surface area contributed by atoms with Crippen LogP contribution in [-0.2, 0) is 17.8 Å². The van der Waals surface area contributed by atoms with Gasteiger partial charge in [-0.3, -0.25) is 14.8 Å². The van der Waals surface area contributed by atoms with Crippen LogP contribution in [0.25, 0.3) is 0 Å². The Morgan fingerprint density at radius 3 is 2.77 bits per heavy atom. The van der Waals surface area contributed by atoms with Crippen LogP contribution >= 0.6 is 0 Å². The molecule has 0 unspecified atom stereocenters. The predicted octanol–water partition coefficient (Wildman–Crippen LogP) is 3.81. The minimum atomic E-state index is -0.220. The molecule has 2 aromatic carbocycles. The summed E-state index contributed by atoms with van der Waals surface area (Å²) < 4.78 is 0. The lowest BCUT2D eigenvalue weighted by molar-refractivity contribution is -0.115. The SMILES string of the molecule is C[C@@H](NC(=O)C1=Nc2cc3c(cc2C1)CN=C3c1ccncc1)c1cccc(C#N)c1. The fourth-order valence-electron chi connectivity index (χ4n) is 4.02. The number of nitrogens with zero attached hydrogens (tertiary/aromatic N) is 4. The summed E-state index contributed by atoms with van der Waals surface area (Å²) in [5, 5.41) is 12.1. The lowest BCUT2D eigenvalue weighted by Gasteiger charge is -2.14. The maximum atomic E-state index is 12.9. The van der Waals surface area contributed by atoms with Crippen LogP contribution in [0.3, 0.4) is 0 Å². The van der Waals surface area contributed by atoms with Gasteiger partial charge in [0.25, 0.3) is 5.91 Å². The van der Waals surface area contributed by atoms with Gasteiger partial charge >= 0.3 is 0 Å². The van der Waals surface area contributed by atoms with Crippen LogP contribution in [0.1, 0.15) is 46.3 Å². The molecule has 2 aliphatic rings. The Bertz CT molecular complexity index is 1300. The average molecular weight is 405 g/mol. The van der Waals surface area contributed by atoms with Crippen molar-refractivity contribution in [1.29, 1.82) is 5.26 Å². The molecule has 2 aliphatic heterocycles. The van der Waals surface area contributed by atoms with Gasteiger partial charge in [-0.25, -0.2) is 4.99 Å². The Kier molecular flexibility index (Phi) is 4.64. The van der Waals surface area contributed by atoms with E-state index in [2.05, 4.69) is 27.4 Å². The first-order chi connectivity index (χ1) is 15.1. The maximum Gasteiger partial charge on any atom is 0.266 e. The van der Waals surface area contributed by atoms with Gasteiger partial charge in [-0.2, -0.15) is 5.26 Å². The summed E-state index contributed by atoms with van der Waals surface area (Å²) in [6, 6.07) is 17.2. The zero-order valence-corrected chi connectivity index (χ0v) is 17.0. The molecule has 3 heterocycles. The van der Waals surface area contributed by atoms with E-state index in [1.165, 1.54) is 0 Å². The Morgan fingerprint density at radius 2 is 1.97 bits per heavy atom. The number of carbonyl (C=O) groups excluding carboxylic acids is 1. The number of aromatic nitrogens is 1. The second-order valence-corrected chi connectivity index (χ2v) is 7.71. The number of carbonyl (C=O) groups is 1. The maximum absolute atomic E-state index is 12.9. The molecule has 0 radical (unpaired) electrons. The smallest absolute Gasteiger partial charge is 0.266 e. The van der Waals surface area contributed by atoms with Gasteiger partial charge in [0.2, 0.25) is 0 Å². The lowest BCUT2D eigenvalue weighted by Crippen LogP contribution is -2.33. The molecule has 0 fully saturated rings. The van der Waals surface area contributed by atoms with Crippen LogP contribution in [0.2, 0.25) is 0 Å². The number of benzene rings is 2. The molecule has 31 heavy (non-hydrogen) atoms. The van der Waals surface area contributed by atoms with Crippen molar-refractivity contribution in [2.75, 3.05) is 0 Å². The Balaban J connectivity index is 1.36. The number of fused-ring (bicyclic) bond motifs is 2. The van der Waals surface area contributed by atoms with Gasteiger partial charge < -0.3 is 5.32 Å². The van der Waals surface area contributed by atoms with Crippen LogP contribution < -0.4 is 5.32 Å². The number of nitrogens with one attached hydrogen (secondary N) is 1. The summed E-state index contributed by atoms with van der Waals surface area (Å²) in [5.74, 6) is -0.186.